The second kappa shape index (κ2) is 4.99. The average Bonchev–Trinajstić information content (AvgIpc) is 2.76. The molecule has 1 aromatic carbocycles. The van der Waals surface area contributed by atoms with Crippen LogP contribution in [0.5, 0.6) is 0 Å². The Kier molecular flexibility index (Phi) is 3.55. The molecule has 0 saturated heterocycles. The Labute approximate surface area is 114 Å². The van der Waals surface area contributed by atoms with Gasteiger partial charge in [-0.25, -0.2) is 12.8 Å². The SMILES string of the molecule is Cc1ccc(S(=O)(=O)Nc2cccc(F)c2C#N)s1. The summed E-state index contributed by atoms with van der Waals surface area (Å²) < 4.78 is 39.9. The first-order valence-corrected chi connectivity index (χ1v) is 7.52. The van der Waals surface area contributed by atoms with Crippen LogP contribution in [0.2, 0.25) is 0 Å². The van der Waals surface area contributed by atoms with E-state index in [9.17, 15) is 12.8 Å². The van der Waals surface area contributed by atoms with Crippen LogP contribution < -0.4 is 4.72 Å². The van der Waals surface area contributed by atoms with Crippen molar-refractivity contribution in [2.24, 2.45) is 0 Å². The van der Waals surface area contributed by atoms with Gasteiger partial charge in [-0.15, -0.1) is 11.3 Å². The monoisotopic (exact) mass is 296 g/mol. The molecule has 0 atom stereocenters. The summed E-state index contributed by atoms with van der Waals surface area (Å²) in [5, 5.41) is 8.85. The van der Waals surface area contributed by atoms with Crippen molar-refractivity contribution in [2.45, 2.75) is 11.1 Å². The number of aryl methyl sites for hydroxylation is 1. The van der Waals surface area contributed by atoms with Gasteiger partial charge in [0.05, 0.1) is 5.69 Å². The van der Waals surface area contributed by atoms with E-state index in [1.165, 1.54) is 18.2 Å². The van der Waals surface area contributed by atoms with Gasteiger partial charge in [0.2, 0.25) is 0 Å². The molecular formula is C12H9FN2O2S2. The van der Waals surface area contributed by atoms with Gasteiger partial charge in [0.15, 0.2) is 0 Å². The highest BCUT2D eigenvalue weighted by atomic mass is 32.2. The number of benzene rings is 1. The van der Waals surface area contributed by atoms with Gasteiger partial charge in [0, 0.05) is 4.88 Å². The molecule has 0 bridgehead atoms. The van der Waals surface area contributed by atoms with Gasteiger partial charge in [0.1, 0.15) is 21.7 Å². The number of hydrogen-bond donors (Lipinski definition) is 1. The van der Waals surface area contributed by atoms with E-state index in [1.54, 1.807) is 19.1 Å². The lowest BCUT2D eigenvalue weighted by Gasteiger charge is -2.08. The molecule has 98 valence electrons. The maximum absolute atomic E-state index is 13.4. The zero-order valence-electron chi connectivity index (χ0n) is 9.84. The lowest BCUT2D eigenvalue weighted by molar-refractivity contribution is 0.603. The van der Waals surface area contributed by atoms with Crippen molar-refractivity contribution in [1.29, 1.82) is 5.26 Å². The predicted molar refractivity (Wildman–Crippen MR) is 71.0 cm³/mol. The van der Waals surface area contributed by atoms with E-state index in [1.807, 2.05) is 0 Å². The van der Waals surface area contributed by atoms with Crippen LogP contribution >= 0.6 is 11.3 Å². The van der Waals surface area contributed by atoms with E-state index in [0.29, 0.717) is 0 Å². The lowest BCUT2D eigenvalue weighted by atomic mass is 10.2. The summed E-state index contributed by atoms with van der Waals surface area (Å²) in [5.41, 5.74) is -0.382. The average molecular weight is 296 g/mol. The van der Waals surface area contributed by atoms with Crippen molar-refractivity contribution in [3.8, 4) is 6.07 Å². The van der Waals surface area contributed by atoms with Crippen LogP contribution in [0.1, 0.15) is 10.4 Å². The Morgan fingerprint density at radius 1 is 1.32 bits per heavy atom. The molecular weight excluding hydrogens is 287 g/mol. The van der Waals surface area contributed by atoms with E-state index in [4.69, 9.17) is 5.26 Å². The third-order valence-corrected chi connectivity index (χ3v) is 5.21. The number of nitriles is 1. The molecule has 0 saturated carbocycles. The summed E-state index contributed by atoms with van der Waals surface area (Å²) in [5.74, 6) is -0.759. The molecule has 4 nitrogen and oxygen atoms in total. The van der Waals surface area contributed by atoms with E-state index >= 15 is 0 Å². The van der Waals surface area contributed by atoms with Gasteiger partial charge in [-0.05, 0) is 31.2 Å². The van der Waals surface area contributed by atoms with Crippen molar-refractivity contribution < 1.29 is 12.8 Å². The Morgan fingerprint density at radius 2 is 2.05 bits per heavy atom. The molecule has 0 fully saturated rings. The maximum atomic E-state index is 13.4. The van der Waals surface area contributed by atoms with Crippen LogP contribution in [0.3, 0.4) is 0 Å². The number of nitrogens with one attached hydrogen (secondary N) is 1. The summed E-state index contributed by atoms with van der Waals surface area (Å²) in [6.07, 6.45) is 0. The second-order valence-corrected chi connectivity index (χ2v) is 6.94. The minimum absolute atomic E-state index is 0.0615. The van der Waals surface area contributed by atoms with Crippen molar-refractivity contribution >= 4 is 27.0 Å². The second-order valence-electron chi connectivity index (χ2n) is 3.74. The lowest BCUT2D eigenvalue weighted by Crippen LogP contribution is -2.12. The Morgan fingerprint density at radius 3 is 2.63 bits per heavy atom. The fraction of sp³-hybridized carbons (Fsp3) is 0.0833. The summed E-state index contributed by atoms with van der Waals surface area (Å²) in [6.45, 7) is 1.78. The molecule has 7 heteroatoms. The standard InChI is InChI=1S/C12H9FN2O2S2/c1-8-5-6-12(18-8)19(16,17)15-11-4-2-3-10(13)9(11)7-14/h2-6,15H,1H3. The molecule has 19 heavy (non-hydrogen) atoms. The first kappa shape index (κ1) is 13.5. The molecule has 1 N–H and O–H groups in total. The van der Waals surface area contributed by atoms with Gasteiger partial charge in [0.25, 0.3) is 10.0 Å². The summed E-state index contributed by atoms with van der Waals surface area (Å²) in [4.78, 5) is 0.847. The first-order valence-electron chi connectivity index (χ1n) is 5.22. The maximum Gasteiger partial charge on any atom is 0.271 e. The van der Waals surface area contributed by atoms with Crippen LogP contribution in [0.4, 0.5) is 10.1 Å². The highest BCUT2D eigenvalue weighted by molar-refractivity contribution is 7.94. The fourth-order valence-corrected chi connectivity index (χ4v) is 3.83. The molecule has 0 amide bonds. The number of hydrogen-bond acceptors (Lipinski definition) is 4. The quantitative estimate of drug-likeness (QED) is 0.946. The molecule has 0 aliphatic rings. The van der Waals surface area contributed by atoms with Crippen molar-refractivity contribution in [1.82, 2.24) is 0 Å². The molecule has 1 heterocycles. The highest BCUT2D eigenvalue weighted by Crippen LogP contribution is 2.25. The Hall–Kier alpha value is -1.91. The number of rotatable bonds is 3. The molecule has 0 unspecified atom stereocenters. The smallest absolute Gasteiger partial charge is 0.271 e. The third-order valence-electron chi connectivity index (χ3n) is 2.35. The van der Waals surface area contributed by atoms with Gasteiger partial charge < -0.3 is 0 Å². The topological polar surface area (TPSA) is 70.0 Å². The van der Waals surface area contributed by atoms with Gasteiger partial charge in [-0.2, -0.15) is 5.26 Å². The van der Waals surface area contributed by atoms with Crippen molar-refractivity contribution in [3.05, 3.63) is 46.6 Å². The zero-order valence-corrected chi connectivity index (χ0v) is 11.5. The number of halogens is 1. The third kappa shape index (κ3) is 2.75. The van der Waals surface area contributed by atoms with E-state index in [2.05, 4.69) is 4.72 Å². The number of anilines is 1. The predicted octanol–water partition coefficient (Wildman–Crippen LogP) is 2.87. The zero-order chi connectivity index (χ0) is 14.0. The van der Waals surface area contributed by atoms with Gasteiger partial charge >= 0.3 is 0 Å². The van der Waals surface area contributed by atoms with Gasteiger partial charge in [-0.1, -0.05) is 6.07 Å². The minimum Gasteiger partial charge on any atom is -0.278 e. The number of nitrogens with zero attached hydrogens (tertiary/aromatic N) is 1. The number of thiophene rings is 1. The van der Waals surface area contributed by atoms with Crippen molar-refractivity contribution in [2.75, 3.05) is 4.72 Å². The molecule has 0 aliphatic heterocycles. The Balaban J connectivity index is 2.42. The van der Waals surface area contributed by atoms with E-state index in [0.717, 1.165) is 22.3 Å². The fourth-order valence-electron chi connectivity index (χ4n) is 1.47. The normalized spacial score (nSPS) is 11.0. The molecule has 0 radical (unpaired) electrons. The van der Waals surface area contributed by atoms with Crippen LogP contribution in [0.15, 0.2) is 34.5 Å². The first-order chi connectivity index (χ1) is 8.94. The molecule has 2 aromatic rings. The van der Waals surface area contributed by atoms with Crippen molar-refractivity contribution in [3.63, 3.8) is 0 Å². The van der Waals surface area contributed by atoms with Crippen LogP contribution in [-0.4, -0.2) is 8.42 Å². The molecule has 0 spiro atoms. The van der Waals surface area contributed by atoms with Crippen LogP contribution in [-0.2, 0) is 10.0 Å². The van der Waals surface area contributed by atoms with E-state index < -0.39 is 15.8 Å². The van der Waals surface area contributed by atoms with Gasteiger partial charge in [-0.3, -0.25) is 4.72 Å². The summed E-state index contributed by atoms with van der Waals surface area (Å²) in [6, 6.07) is 8.58. The number of sulfonamides is 1. The summed E-state index contributed by atoms with van der Waals surface area (Å²) in [7, 11) is -3.79. The minimum atomic E-state index is -3.79. The molecule has 0 aliphatic carbocycles. The van der Waals surface area contributed by atoms with Crippen LogP contribution in [0, 0.1) is 24.1 Å². The Bertz CT molecular complexity index is 760. The van der Waals surface area contributed by atoms with Crippen LogP contribution in [0.25, 0.3) is 0 Å². The molecule has 2 rings (SSSR count). The van der Waals surface area contributed by atoms with E-state index in [-0.39, 0.29) is 15.5 Å². The largest absolute Gasteiger partial charge is 0.278 e. The summed E-state index contributed by atoms with van der Waals surface area (Å²) >= 11 is 1.10. The molecule has 1 aromatic heterocycles. The highest BCUT2D eigenvalue weighted by Gasteiger charge is 2.19.